The van der Waals surface area contributed by atoms with Crippen LogP contribution in [0.5, 0.6) is 0 Å². The maximum absolute atomic E-state index is 13.2. The number of rotatable bonds is 8. The van der Waals surface area contributed by atoms with Crippen molar-refractivity contribution in [1.29, 1.82) is 0 Å². The molecule has 0 radical (unpaired) electrons. The molecule has 5 atom stereocenters. The van der Waals surface area contributed by atoms with Crippen LogP contribution in [0, 0.1) is 17.8 Å². The van der Waals surface area contributed by atoms with Gasteiger partial charge in [0.2, 0.25) is 0 Å². The van der Waals surface area contributed by atoms with Gasteiger partial charge in [0.25, 0.3) is 0 Å². The largest absolute Gasteiger partial charge is 0.461 e. The maximum Gasteiger partial charge on any atom is 0.416 e. The number of fused-ring (bicyclic) bond motifs is 1. The molecule has 2 aromatic carbocycles. The van der Waals surface area contributed by atoms with Crippen LogP contribution in [-0.2, 0) is 44.6 Å². The Morgan fingerprint density at radius 2 is 1.56 bits per heavy atom. The number of aromatic nitrogens is 3. The zero-order chi connectivity index (χ0) is 29.6. The first-order chi connectivity index (χ1) is 19.3. The number of hydrogen-bond acceptors (Lipinski definition) is 8. The number of carbonyl (C=O) groups is 2. The summed E-state index contributed by atoms with van der Waals surface area (Å²) in [6, 6.07) is 8.68. The van der Waals surface area contributed by atoms with Crippen LogP contribution in [0.25, 0.3) is 0 Å². The number of esters is 2. The van der Waals surface area contributed by atoms with Crippen molar-refractivity contribution in [2.45, 2.75) is 47.9 Å². The molecule has 0 spiro atoms. The summed E-state index contributed by atoms with van der Waals surface area (Å²) in [6.45, 7) is -0.889. The van der Waals surface area contributed by atoms with Crippen molar-refractivity contribution in [1.82, 2.24) is 15.2 Å². The van der Waals surface area contributed by atoms with Gasteiger partial charge in [-0.1, -0.05) is 36.0 Å². The molecule has 2 aliphatic rings. The molecular formula is C26H22F6N4O4S. The number of halogens is 6. The van der Waals surface area contributed by atoms with Gasteiger partial charge in [0, 0.05) is 11.2 Å². The van der Waals surface area contributed by atoms with Crippen LogP contribution in [0.1, 0.15) is 28.7 Å². The van der Waals surface area contributed by atoms with Crippen molar-refractivity contribution in [3.05, 3.63) is 77.1 Å². The van der Waals surface area contributed by atoms with Gasteiger partial charge in [0.05, 0.1) is 17.0 Å². The molecule has 1 aromatic heterocycles. The number of hydrogen-bond donors (Lipinski definition) is 2. The zero-order valence-corrected chi connectivity index (χ0v) is 21.7. The first kappa shape index (κ1) is 28.9. The number of alkyl halides is 6. The highest BCUT2D eigenvalue weighted by atomic mass is 32.2. The Hall–Kier alpha value is -3.59. The third-order valence-corrected chi connectivity index (χ3v) is 8.41. The zero-order valence-electron chi connectivity index (χ0n) is 20.9. The molecule has 0 unspecified atom stereocenters. The van der Waals surface area contributed by atoms with E-state index < -0.39 is 77.2 Å². The Bertz CT molecular complexity index is 1430. The van der Waals surface area contributed by atoms with Crippen LogP contribution < -0.4 is 5.73 Å². The van der Waals surface area contributed by atoms with Crippen LogP contribution >= 0.6 is 11.8 Å². The molecule has 218 valence electrons. The summed E-state index contributed by atoms with van der Waals surface area (Å²) in [4.78, 5) is 30.3. The normalized spacial score (nSPS) is 25.4. The minimum atomic E-state index is -4.57. The number of nitrogens with one attached hydrogen (secondary N) is 1. The summed E-state index contributed by atoms with van der Waals surface area (Å²) in [6.07, 6.45) is -7.78. The fraction of sp³-hybridized carbons (Fsp3) is 0.385. The van der Waals surface area contributed by atoms with Crippen molar-refractivity contribution < 1.29 is 45.4 Å². The first-order valence-corrected chi connectivity index (χ1v) is 13.1. The highest BCUT2D eigenvalue weighted by Gasteiger charge is 2.74. The quantitative estimate of drug-likeness (QED) is 0.281. The summed E-state index contributed by atoms with van der Waals surface area (Å²) in [5.74, 6) is -3.63. The average Bonchev–Trinajstić information content (AvgIpc) is 3.34. The summed E-state index contributed by atoms with van der Waals surface area (Å²) in [5, 5.41) is 6.47. The molecule has 15 heteroatoms. The van der Waals surface area contributed by atoms with Gasteiger partial charge in [-0.2, -0.15) is 31.4 Å². The number of carbonyl (C=O) groups excluding carboxylic acids is 2. The molecule has 3 aromatic rings. The Labute approximate surface area is 233 Å². The highest BCUT2D eigenvalue weighted by molar-refractivity contribution is 7.99. The second-order valence-corrected chi connectivity index (χ2v) is 11.1. The molecular weight excluding hydrogens is 578 g/mol. The standard InChI is InChI=1S/C26H22F6N4O4S/c27-25(28,29)15-5-1-3-13(7-15)10-39-21(37)19-18-17(41-23-34-12-35-36-23)9-24(33,20(18)19)22(38)40-11-14-4-2-6-16(8-14)26(30,31)32/h1-8,12,17-20H,9-11,33H2,(H,34,35,36)/t17-,18-,19-,20-,24-/m0/s1. The molecule has 41 heavy (non-hydrogen) atoms. The number of nitrogens with zero attached hydrogens (tertiary/aromatic N) is 2. The molecule has 2 saturated carbocycles. The Balaban J connectivity index is 1.29. The summed E-state index contributed by atoms with van der Waals surface area (Å²) >= 11 is 1.21. The SMILES string of the molecule is N[C@@]1(C(=O)OCc2cccc(C(F)(F)F)c2)C[C@H](Sc2ncn[nH]2)[C@H]2[C@H](C(=O)OCc3cccc(C(F)(F)F)c3)[C@H]21. The van der Waals surface area contributed by atoms with Crippen LogP contribution in [0.2, 0.25) is 0 Å². The van der Waals surface area contributed by atoms with Gasteiger partial charge in [-0.25, -0.2) is 4.98 Å². The average molecular weight is 601 g/mol. The van der Waals surface area contributed by atoms with Gasteiger partial charge in [-0.3, -0.25) is 14.7 Å². The molecule has 3 N–H and O–H groups in total. The van der Waals surface area contributed by atoms with E-state index in [2.05, 4.69) is 15.2 Å². The van der Waals surface area contributed by atoms with Gasteiger partial charge in [0.15, 0.2) is 5.16 Å². The number of aromatic amines is 1. The number of H-pyrrole nitrogens is 1. The lowest BCUT2D eigenvalue weighted by molar-refractivity contribution is -0.153. The molecule has 0 amide bonds. The Morgan fingerprint density at radius 3 is 2.10 bits per heavy atom. The van der Waals surface area contributed by atoms with Gasteiger partial charge in [-0.05, 0) is 47.7 Å². The van der Waals surface area contributed by atoms with Crippen molar-refractivity contribution in [2.75, 3.05) is 0 Å². The fourth-order valence-electron chi connectivity index (χ4n) is 5.31. The topological polar surface area (TPSA) is 120 Å². The van der Waals surface area contributed by atoms with Crippen LogP contribution in [0.3, 0.4) is 0 Å². The monoisotopic (exact) mass is 600 g/mol. The van der Waals surface area contributed by atoms with E-state index >= 15 is 0 Å². The van der Waals surface area contributed by atoms with Crippen molar-refractivity contribution >= 4 is 23.7 Å². The molecule has 2 aliphatic carbocycles. The number of ether oxygens (including phenoxy) is 2. The third kappa shape index (κ3) is 6.05. The lowest BCUT2D eigenvalue weighted by Crippen LogP contribution is -2.51. The Morgan fingerprint density at radius 1 is 0.976 bits per heavy atom. The molecule has 2 fully saturated rings. The predicted molar refractivity (Wildman–Crippen MR) is 131 cm³/mol. The van der Waals surface area contributed by atoms with E-state index in [0.29, 0.717) is 5.16 Å². The van der Waals surface area contributed by atoms with Crippen molar-refractivity contribution in [3.63, 3.8) is 0 Å². The van der Waals surface area contributed by atoms with Crippen molar-refractivity contribution in [3.8, 4) is 0 Å². The number of thioether (sulfide) groups is 1. The molecule has 1 heterocycles. The number of nitrogens with two attached hydrogens (primary N) is 1. The fourth-order valence-corrected chi connectivity index (χ4v) is 6.67. The van der Waals surface area contributed by atoms with E-state index in [9.17, 15) is 35.9 Å². The highest BCUT2D eigenvalue weighted by Crippen LogP contribution is 2.65. The van der Waals surface area contributed by atoms with E-state index in [4.69, 9.17) is 15.2 Å². The second-order valence-electron chi connectivity index (χ2n) is 9.90. The smallest absolute Gasteiger partial charge is 0.416 e. The van der Waals surface area contributed by atoms with Crippen LogP contribution in [0.4, 0.5) is 26.3 Å². The van der Waals surface area contributed by atoms with Crippen molar-refractivity contribution in [2.24, 2.45) is 23.5 Å². The van der Waals surface area contributed by atoms with E-state index in [1.165, 1.54) is 42.4 Å². The van der Waals surface area contributed by atoms with Gasteiger partial charge in [-0.15, -0.1) is 0 Å². The summed E-state index contributed by atoms with van der Waals surface area (Å²) in [5.41, 5.74) is 3.31. The van der Waals surface area contributed by atoms with Crippen LogP contribution in [-0.4, -0.2) is 37.9 Å². The summed E-state index contributed by atoms with van der Waals surface area (Å²) < 4.78 is 88.9. The van der Waals surface area contributed by atoms with E-state index in [1.54, 1.807) is 0 Å². The van der Waals surface area contributed by atoms with Crippen LogP contribution in [0.15, 0.2) is 60.0 Å². The lowest BCUT2D eigenvalue weighted by atomic mass is 9.91. The summed E-state index contributed by atoms with van der Waals surface area (Å²) in [7, 11) is 0. The van der Waals surface area contributed by atoms with E-state index in [1.807, 2.05) is 0 Å². The third-order valence-electron chi connectivity index (χ3n) is 7.21. The molecule has 8 nitrogen and oxygen atoms in total. The van der Waals surface area contributed by atoms with Gasteiger partial charge < -0.3 is 15.2 Å². The minimum Gasteiger partial charge on any atom is -0.461 e. The maximum atomic E-state index is 13.2. The Kier molecular flexibility index (Phi) is 7.53. The minimum absolute atomic E-state index is 0.0759. The molecule has 0 bridgehead atoms. The van der Waals surface area contributed by atoms with Gasteiger partial charge in [0.1, 0.15) is 25.1 Å². The van der Waals surface area contributed by atoms with E-state index in [0.717, 1.165) is 24.3 Å². The lowest BCUT2D eigenvalue weighted by Gasteiger charge is -2.27. The van der Waals surface area contributed by atoms with E-state index in [-0.39, 0.29) is 17.5 Å². The predicted octanol–water partition coefficient (Wildman–Crippen LogP) is 4.75. The molecule has 5 rings (SSSR count). The number of benzene rings is 2. The van der Waals surface area contributed by atoms with Gasteiger partial charge >= 0.3 is 24.3 Å². The molecule has 0 saturated heterocycles. The first-order valence-electron chi connectivity index (χ1n) is 12.2. The molecule has 0 aliphatic heterocycles. The second kappa shape index (κ2) is 10.7.